The molecule has 0 fully saturated rings. The predicted molar refractivity (Wildman–Crippen MR) is 50.8 cm³/mol. The summed E-state index contributed by atoms with van der Waals surface area (Å²) in [4.78, 5) is 0. The second-order valence-electron chi connectivity index (χ2n) is 2.01. The predicted octanol–water partition coefficient (Wildman–Crippen LogP) is 2.09. The van der Waals surface area contributed by atoms with Gasteiger partial charge in [0.2, 0.25) is 0 Å². The summed E-state index contributed by atoms with van der Waals surface area (Å²) < 4.78 is 1.20. The Hall–Kier alpha value is -0.740. The molecule has 60 valence electrons. The molecule has 0 aromatic carbocycles. The van der Waals surface area contributed by atoms with Gasteiger partial charge >= 0.3 is 0 Å². The minimum absolute atomic E-state index is 0. The Morgan fingerprint density at radius 1 is 1.64 bits per heavy atom. The Morgan fingerprint density at radius 3 is 3.09 bits per heavy atom. The third kappa shape index (κ3) is 1.32. The lowest BCUT2D eigenvalue weighted by Crippen LogP contribution is -1.80. The maximum absolute atomic E-state index is 3.89. The highest BCUT2D eigenvalue weighted by Gasteiger charge is 1.99. The summed E-state index contributed by atoms with van der Waals surface area (Å²) in [5.41, 5.74) is 1.11. The van der Waals surface area contributed by atoms with Crippen molar-refractivity contribution >= 4 is 39.0 Å². The van der Waals surface area contributed by atoms with Crippen LogP contribution in [0.2, 0.25) is 0 Å². The summed E-state index contributed by atoms with van der Waals surface area (Å²) in [6.45, 7) is 0. The third-order valence-electron chi connectivity index (χ3n) is 1.37. The number of hydrogen-bond donors (Lipinski definition) is 2. The molecule has 2 N–H and O–H groups in total. The number of fused-ring (bicyclic) bond motifs is 1. The molecule has 0 aliphatic carbocycles. The smallest absolute Gasteiger partial charge is 0.0908 e. The Labute approximate surface area is 74.2 Å². The van der Waals surface area contributed by atoms with Crippen molar-refractivity contribution in [3.8, 4) is 0 Å². The quantitative estimate of drug-likeness (QED) is 0.722. The molecule has 5 heteroatoms. The fraction of sp³-hybridized carbons (Fsp3) is 0.167. The first-order chi connectivity index (χ1) is 4.90. The van der Waals surface area contributed by atoms with E-state index in [0.717, 1.165) is 5.52 Å². The molecular formula is C6H8ClN3S. The number of hydrogen-bond acceptors (Lipinski definition) is 3. The van der Waals surface area contributed by atoms with Gasteiger partial charge in [0, 0.05) is 7.05 Å². The van der Waals surface area contributed by atoms with Crippen molar-refractivity contribution < 1.29 is 0 Å². The van der Waals surface area contributed by atoms with Gasteiger partial charge in [-0.3, -0.25) is 5.10 Å². The van der Waals surface area contributed by atoms with Crippen molar-refractivity contribution in [2.24, 2.45) is 0 Å². The number of anilines is 1. The van der Waals surface area contributed by atoms with Crippen LogP contribution in [0.25, 0.3) is 10.2 Å². The van der Waals surface area contributed by atoms with Crippen molar-refractivity contribution in [2.45, 2.75) is 0 Å². The van der Waals surface area contributed by atoms with Gasteiger partial charge in [0.1, 0.15) is 0 Å². The van der Waals surface area contributed by atoms with Gasteiger partial charge < -0.3 is 5.32 Å². The van der Waals surface area contributed by atoms with Crippen molar-refractivity contribution in [2.75, 3.05) is 12.4 Å². The number of aromatic amines is 1. The molecule has 2 aromatic rings. The van der Waals surface area contributed by atoms with Gasteiger partial charge in [0.15, 0.2) is 0 Å². The fourth-order valence-corrected chi connectivity index (χ4v) is 1.71. The zero-order chi connectivity index (χ0) is 6.97. The van der Waals surface area contributed by atoms with Crippen molar-refractivity contribution in [1.82, 2.24) is 10.2 Å². The van der Waals surface area contributed by atoms with Crippen LogP contribution in [0, 0.1) is 0 Å². The molecule has 0 aliphatic rings. The highest BCUT2D eigenvalue weighted by molar-refractivity contribution is 7.22. The molecule has 0 aliphatic heterocycles. The number of H-pyrrole nitrogens is 1. The number of nitrogens with one attached hydrogen (secondary N) is 2. The molecule has 2 rings (SSSR count). The molecule has 0 bridgehead atoms. The van der Waals surface area contributed by atoms with Gasteiger partial charge in [0.25, 0.3) is 0 Å². The summed E-state index contributed by atoms with van der Waals surface area (Å²) >= 11 is 1.70. The van der Waals surface area contributed by atoms with Crippen LogP contribution in [0.1, 0.15) is 0 Å². The lowest BCUT2D eigenvalue weighted by Gasteiger charge is -1.86. The molecule has 0 radical (unpaired) electrons. The molecule has 0 saturated heterocycles. The number of aromatic nitrogens is 2. The van der Waals surface area contributed by atoms with Crippen LogP contribution in [0.5, 0.6) is 0 Å². The Bertz CT molecular complexity index is 312. The van der Waals surface area contributed by atoms with Crippen LogP contribution in [-0.2, 0) is 0 Å². The molecule has 3 nitrogen and oxygen atoms in total. The molecule has 0 spiro atoms. The summed E-state index contributed by atoms with van der Waals surface area (Å²) in [6, 6.07) is 2.05. The van der Waals surface area contributed by atoms with E-state index in [0.29, 0.717) is 0 Å². The summed E-state index contributed by atoms with van der Waals surface area (Å²) in [7, 11) is 1.91. The largest absolute Gasteiger partial charge is 0.380 e. The molecule has 11 heavy (non-hydrogen) atoms. The second-order valence-corrected chi connectivity index (χ2v) is 3.09. The van der Waals surface area contributed by atoms with E-state index in [4.69, 9.17) is 0 Å². The Morgan fingerprint density at radius 2 is 2.45 bits per heavy atom. The van der Waals surface area contributed by atoms with E-state index in [2.05, 4.69) is 15.5 Å². The van der Waals surface area contributed by atoms with Crippen LogP contribution < -0.4 is 5.32 Å². The fourth-order valence-electron chi connectivity index (χ4n) is 0.872. The molecule has 0 atom stereocenters. The van der Waals surface area contributed by atoms with Crippen molar-refractivity contribution in [3.63, 3.8) is 0 Å². The Kier molecular flexibility index (Phi) is 2.36. The topological polar surface area (TPSA) is 40.7 Å². The second kappa shape index (κ2) is 3.11. The number of nitrogens with zero attached hydrogens (tertiary/aromatic N) is 1. The van der Waals surface area contributed by atoms with Gasteiger partial charge in [-0.05, 0) is 6.07 Å². The number of halogens is 1. The minimum Gasteiger partial charge on any atom is -0.380 e. The Balaban J connectivity index is 0.000000605. The van der Waals surface area contributed by atoms with Crippen LogP contribution in [-0.4, -0.2) is 17.2 Å². The summed E-state index contributed by atoms with van der Waals surface area (Å²) in [5, 5.41) is 11.0. The highest BCUT2D eigenvalue weighted by Crippen LogP contribution is 2.26. The highest BCUT2D eigenvalue weighted by atomic mass is 35.5. The minimum atomic E-state index is 0. The van der Waals surface area contributed by atoms with E-state index in [9.17, 15) is 0 Å². The molecular weight excluding hydrogens is 182 g/mol. The molecule has 2 aromatic heterocycles. The third-order valence-corrected chi connectivity index (χ3v) is 2.46. The van der Waals surface area contributed by atoms with E-state index in [1.807, 2.05) is 19.3 Å². The number of rotatable bonds is 1. The number of thiophene rings is 1. The van der Waals surface area contributed by atoms with Crippen LogP contribution >= 0.6 is 23.7 Å². The van der Waals surface area contributed by atoms with E-state index in [1.54, 1.807) is 11.3 Å². The lowest BCUT2D eigenvalue weighted by molar-refractivity contribution is 1.12. The van der Waals surface area contributed by atoms with Crippen LogP contribution in [0.3, 0.4) is 0 Å². The van der Waals surface area contributed by atoms with Crippen LogP contribution in [0.15, 0.2) is 12.3 Å². The maximum atomic E-state index is 3.89. The summed E-state index contributed by atoms with van der Waals surface area (Å²) in [6.07, 6.45) is 1.83. The average Bonchev–Trinajstić information content (AvgIpc) is 2.42. The van der Waals surface area contributed by atoms with Crippen LogP contribution in [0.4, 0.5) is 5.00 Å². The van der Waals surface area contributed by atoms with Gasteiger partial charge in [-0.2, -0.15) is 5.10 Å². The zero-order valence-corrected chi connectivity index (χ0v) is 7.55. The van der Waals surface area contributed by atoms with E-state index >= 15 is 0 Å². The molecule has 0 saturated carbocycles. The van der Waals surface area contributed by atoms with Gasteiger partial charge in [-0.25, -0.2) is 0 Å². The summed E-state index contributed by atoms with van der Waals surface area (Å²) in [5.74, 6) is 0. The first-order valence-corrected chi connectivity index (χ1v) is 3.82. The SMILES string of the molecule is CNc1cc2[nH]ncc2s1.Cl. The van der Waals surface area contributed by atoms with Gasteiger partial charge in [-0.15, -0.1) is 23.7 Å². The first-order valence-electron chi connectivity index (χ1n) is 3.01. The molecule has 0 amide bonds. The zero-order valence-electron chi connectivity index (χ0n) is 5.92. The normalized spacial score (nSPS) is 9.55. The lowest BCUT2D eigenvalue weighted by atomic mass is 10.5. The van der Waals surface area contributed by atoms with Gasteiger partial charge in [-0.1, -0.05) is 0 Å². The van der Waals surface area contributed by atoms with Crippen molar-refractivity contribution in [3.05, 3.63) is 12.3 Å². The van der Waals surface area contributed by atoms with Gasteiger partial charge in [0.05, 0.1) is 21.4 Å². The van der Waals surface area contributed by atoms with E-state index < -0.39 is 0 Å². The monoisotopic (exact) mass is 189 g/mol. The molecule has 2 heterocycles. The maximum Gasteiger partial charge on any atom is 0.0908 e. The van der Waals surface area contributed by atoms with E-state index in [1.165, 1.54) is 9.70 Å². The van der Waals surface area contributed by atoms with E-state index in [-0.39, 0.29) is 12.4 Å². The first kappa shape index (κ1) is 8.36. The standard InChI is InChI=1S/C6H7N3S.ClH/c1-7-6-2-4-5(10-6)3-8-9-4;/h2-3,7H,1H3,(H,8,9);1H. The van der Waals surface area contributed by atoms with Crippen molar-refractivity contribution in [1.29, 1.82) is 0 Å². The molecule has 0 unspecified atom stereocenters. The average molecular weight is 190 g/mol.